The number of nitrogens with two attached hydrogens (primary N) is 1. The standard InChI is InChI=1S/C11H19N3O/c1-9(2)14(5-6-15)11-8-13-4-3-10(11)7-12/h3-4,8-9,15H,5-7,12H2,1-2H3. The Kier molecular flexibility index (Phi) is 4.52. The molecule has 1 aromatic rings. The van der Waals surface area contributed by atoms with Gasteiger partial charge in [-0.05, 0) is 25.5 Å². The lowest BCUT2D eigenvalue weighted by Crippen LogP contribution is -2.34. The topological polar surface area (TPSA) is 62.4 Å². The van der Waals surface area contributed by atoms with Crippen LogP contribution in [0.4, 0.5) is 5.69 Å². The lowest BCUT2D eigenvalue weighted by Gasteiger charge is -2.29. The van der Waals surface area contributed by atoms with E-state index in [2.05, 4.69) is 23.7 Å². The summed E-state index contributed by atoms with van der Waals surface area (Å²) in [5.41, 5.74) is 7.75. The van der Waals surface area contributed by atoms with Crippen LogP contribution in [0.3, 0.4) is 0 Å². The summed E-state index contributed by atoms with van der Waals surface area (Å²) >= 11 is 0. The monoisotopic (exact) mass is 209 g/mol. The van der Waals surface area contributed by atoms with E-state index in [0.717, 1.165) is 11.3 Å². The van der Waals surface area contributed by atoms with Crippen LogP contribution in [0.1, 0.15) is 19.4 Å². The van der Waals surface area contributed by atoms with Gasteiger partial charge in [-0.25, -0.2) is 0 Å². The molecule has 4 nitrogen and oxygen atoms in total. The molecule has 0 aliphatic heterocycles. The van der Waals surface area contributed by atoms with Crippen molar-refractivity contribution in [3.8, 4) is 0 Å². The van der Waals surface area contributed by atoms with Gasteiger partial charge in [-0.15, -0.1) is 0 Å². The first-order chi connectivity index (χ1) is 7.20. The van der Waals surface area contributed by atoms with Crippen LogP contribution in [0, 0.1) is 0 Å². The first kappa shape index (κ1) is 11.9. The highest BCUT2D eigenvalue weighted by Crippen LogP contribution is 2.20. The van der Waals surface area contributed by atoms with Crippen molar-refractivity contribution in [2.24, 2.45) is 5.73 Å². The quantitative estimate of drug-likeness (QED) is 0.751. The Morgan fingerprint density at radius 3 is 2.80 bits per heavy atom. The minimum atomic E-state index is 0.136. The summed E-state index contributed by atoms with van der Waals surface area (Å²) in [6, 6.07) is 2.24. The van der Waals surface area contributed by atoms with Gasteiger partial charge in [-0.2, -0.15) is 0 Å². The molecule has 0 fully saturated rings. The predicted molar refractivity (Wildman–Crippen MR) is 61.7 cm³/mol. The normalized spacial score (nSPS) is 10.7. The molecule has 0 unspecified atom stereocenters. The predicted octanol–water partition coefficient (Wildman–Crippen LogP) is 0.747. The number of nitrogens with zero attached hydrogens (tertiary/aromatic N) is 2. The number of hydrogen-bond donors (Lipinski definition) is 2. The molecule has 1 heterocycles. The molecule has 1 aromatic heterocycles. The van der Waals surface area contributed by atoms with E-state index in [1.807, 2.05) is 6.07 Å². The molecule has 15 heavy (non-hydrogen) atoms. The van der Waals surface area contributed by atoms with Crippen LogP contribution in [0.25, 0.3) is 0 Å². The first-order valence-corrected chi connectivity index (χ1v) is 5.21. The molecule has 0 bridgehead atoms. The zero-order valence-electron chi connectivity index (χ0n) is 9.35. The van der Waals surface area contributed by atoms with Gasteiger partial charge in [0.05, 0.1) is 18.5 Å². The molecule has 0 radical (unpaired) electrons. The molecule has 0 aromatic carbocycles. The van der Waals surface area contributed by atoms with E-state index in [-0.39, 0.29) is 6.61 Å². The molecular formula is C11H19N3O. The molecule has 3 N–H and O–H groups in total. The van der Waals surface area contributed by atoms with Gasteiger partial charge in [-0.3, -0.25) is 4.98 Å². The second-order valence-corrected chi connectivity index (χ2v) is 3.72. The Morgan fingerprint density at radius 2 is 2.27 bits per heavy atom. The molecule has 0 saturated carbocycles. The van der Waals surface area contributed by atoms with Gasteiger partial charge in [0.15, 0.2) is 0 Å². The van der Waals surface area contributed by atoms with E-state index in [9.17, 15) is 0 Å². The maximum absolute atomic E-state index is 9.02. The van der Waals surface area contributed by atoms with Crippen molar-refractivity contribution in [1.29, 1.82) is 0 Å². The van der Waals surface area contributed by atoms with E-state index in [0.29, 0.717) is 19.1 Å². The second kappa shape index (κ2) is 5.68. The molecule has 0 saturated heterocycles. The van der Waals surface area contributed by atoms with Gasteiger partial charge in [0, 0.05) is 25.3 Å². The molecule has 0 aliphatic rings. The zero-order chi connectivity index (χ0) is 11.3. The SMILES string of the molecule is CC(C)N(CCO)c1cnccc1CN. The maximum Gasteiger partial charge on any atom is 0.0606 e. The molecule has 1 rings (SSSR count). The Bertz CT molecular complexity index is 302. The molecule has 84 valence electrons. The van der Waals surface area contributed by atoms with Gasteiger partial charge >= 0.3 is 0 Å². The van der Waals surface area contributed by atoms with Gasteiger partial charge in [0.1, 0.15) is 0 Å². The lowest BCUT2D eigenvalue weighted by molar-refractivity contribution is 0.299. The van der Waals surface area contributed by atoms with Crippen LogP contribution in [0.15, 0.2) is 18.5 Å². The van der Waals surface area contributed by atoms with Gasteiger partial charge in [0.25, 0.3) is 0 Å². The number of hydrogen-bond acceptors (Lipinski definition) is 4. The van der Waals surface area contributed by atoms with Crippen LogP contribution in [-0.2, 0) is 6.54 Å². The van der Waals surface area contributed by atoms with E-state index >= 15 is 0 Å². The molecule has 0 aliphatic carbocycles. The summed E-state index contributed by atoms with van der Waals surface area (Å²) < 4.78 is 0. The summed E-state index contributed by atoms with van der Waals surface area (Å²) in [5, 5.41) is 9.02. The third-order valence-corrected chi connectivity index (χ3v) is 2.38. The number of anilines is 1. The minimum absolute atomic E-state index is 0.136. The molecule has 0 amide bonds. The van der Waals surface area contributed by atoms with Crippen molar-refractivity contribution < 1.29 is 5.11 Å². The highest BCUT2D eigenvalue weighted by atomic mass is 16.3. The Labute approximate surface area is 90.7 Å². The Balaban J connectivity index is 2.98. The Morgan fingerprint density at radius 1 is 1.53 bits per heavy atom. The number of aromatic nitrogens is 1. The summed E-state index contributed by atoms with van der Waals surface area (Å²) in [5.74, 6) is 0. The second-order valence-electron chi connectivity index (χ2n) is 3.72. The Hall–Kier alpha value is -1.13. The van der Waals surface area contributed by atoms with E-state index < -0.39 is 0 Å². The van der Waals surface area contributed by atoms with Crippen LogP contribution in [0.2, 0.25) is 0 Å². The average Bonchev–Trinajstić information content (AvgIpc) is 2.25. The van der Waals surface area contributed by atoms with Crippen LogP contribution in [0.5, 0.6) is 0 Å². The van der Waals surface area contributed by atoms with Crippen molar-refractivity contribution in [3.63, 3.8) is 0 Å². The summed E-state index contributed by atoms with van der Waals surface area (Å²) in [4.78, 5) is 6.21. The molecule has 4 heteroatoms. The van der Waals surface area contributed by atoms with Gasteiger partial charge < -0.3 is 15.7 Å². The maximum atomic E-state index is 9.02. The van der Waals surface area contributed by atoms with Crippen molar-refractivity contribution in [2.75, 3.05) is 18.1 Å². The smallest absolute Gasteiger partial charge is 0.0606 e. The minimum Gasteiger partial charge on any atom is -0.395 e. The zero-order valence-corrected chi connectivity index (χ0v) is 9.35. The van der Waals surface area contributed by atoms with Gasteiger partial charge in [-0.1, -0.05) is 0 Å². The fourth-order valence-electron chi connectivity index (χ4n) is 1.61. The number of pyridine rings is 1. The summed E-state index contributed by atoms with van der Waals surface area (Å²) in [7, 11) is 0. The third kappa shape index (κ3) is 2.91. The highest BCUT2D eigenvalue weighted by molar-refractivity contribution is 5.52. The largest absolute Gasteiger partial charge is 0.395 e. The first-order valence-electron chi connectivity index (χ1n) is 5.21. The van der Waals surface area contributed by atoms with Crippen LogP contribution in [-0.4, -0.2) is 29.3 Å². The average molecular weight is 209 g/mol. The fourth-order valence-corrected chi connectivity index (χ4v) is 1.61. The molecular weight excluding hydrogens is 190 g/mol. The van der Waals surface area contributed by atoms with Crippen molar-refractivity contribution in [2.45, 2.75) is 26.4 Å². The third-order valence-electron chi connectivity index (χ3n) is 2.38. The van der Waals surface area contributed by atoms with Crippen molar-refractivity contribution in [3.05, 3.63) is 24.0 Å². The van der Waals surface area contributed by atoms with Crippen molar-refractivity contribution >= 4 is 5.69 Å². The van der Waals surface area contributed by atoms with Gasteiger partial charge in [0.2, 0.25) is 0 Å². The molecule has 0 atom stereocenters. The van der Waals surface area contributed by atoms with E-state index in [4.69, 9.17) is 10.8 Å². The summed E-state index contributed by atoms with van der Waals surface area (Å²) in [6.07, 6.45) is 3.54. The number of aliphatic hydroxyl groups is 1. The highest BCUT2D eigenvalue weighted by Gasteiger charge is 2.12. The lowest BCUT2D eigenvalue weighted by atomic mass is 10.2. The van der Waals surface area contributed by atoms with Crippen LogP contribution < -0.4 is 10.6 Å². The van der Waals surface area contributed by atoms with E-state index in [1.54, 1.807) is 12.4 Å². The van der Waals surface area contributed by atoms with Crippen molar-refractivity contribution in [1.82, 2.24) is 4.98 Å². The molecule has 0 spiro atoms. The van der Waals surface area contributed by atoms with E-state index in [1.165, 1.54) is 0 Å². The number of aliphatic hydroxyl groups excluding tert-OH is 1. The fraction of sp³-hybridized carbons (Fsp3) is 0.545. The summed E-state index contributed by atoms with van der Waals surface area (Å²) in [6.45, 7) is 5.41. The number of rotatable bonds is 5. The van der Waals surface area contributed by atoms with Crippen LogP contribution >= 0.6 is 0 Å².